The fourth-order valence-electron chi connectivity index (χ4n) is 1.89. The van der Waals surface area contributed by atoms with Crippen LogP contribution in [-0.2, 0) is 4.79 Å². The molecule has 0 aliphatic heterocycles. The number of carbonyl (C=O) groups is 1. The molecule has 0 aliphatic rings. The fraction of sp³-hybridized carbons (Fsp3) is 0.111. The average molecular weight is 308 g/mol. The molecule has 0 unspecified atom stereocenters. The number of anilines is 1. The van der Waals surface area contributed by atoms with E-state index < -0.39 is 5.91 Å². The lowest BCUT2D eigenvalue weighted by atomic mass is 10.1. The predicted octanol–water partition coefficient (Wildman–Crippen LogP) is 3.25. The van der Waals surface area contributed by atoms with E-state index >= 15 is 0 Å². The molecule has 2 aromatic rings. The van der Waals surface area contributed by atoms with Gasteiger partial charge in [0.2, 0.25) is 0 Å². The molecule has 0 heterocycles. The van der Waals surface area contributed by atoms with Gasteiger partial charge in [-0.1, -0.05) is 12.1 Å². The van der Waals surface area contributed by atoms with Crippen LogP contribution in [0.1, 0.15) is 5.56 Å². The van der Waals surface area contributed by atoms with E-state index in [2.05, 4.69) is 5.32 Å². The van der Waals surface area contributed by atoms with Crippen LogP contribution in [0.2, 0.25) is 0 Å². The van der Waals surface area contributed by atoms with Crippen LogP contribution < -0.4 is 14.8 Å². The van der Waals surface area contributed by atoms with E-state index in [0.717, 1.165) is 5.56 Å². The van der Waals surface area contributed by atoms with Gasteiger partial charge >= 0.3 is 0 Å². The van der Waals surface area contributed by atoms with E-state index in [1.165, 1.54) is 6.08 Å². The third-order valence-corrected chi connectivity index (χ3v) is 3.14. The van der Waals surface area contributed by atoms with Crippen molar-refractivity contribution in [3.05, 3.63) is 59.7 Å². The largest absolute Gasteiger partial charge is 0.497 e. The lowest BCUT2D eigenvalue weighted by Crippen LogP contribution is -2.13. The Bertz CT molecular complexity index is 741. The van der Waals surface area contributed by atoms with Crippen molar-refractivity contribution in [2.45, 2.75) is 0 Å². The summed E-state index contributed by atoms with van der Waals surface area (Å²) in [6.07, 6.45) is 1.53. The summed E-state index contributed by atoms with van der Waals surface area (Å²) < 4.78 is 10.1. The number of carbonyl (C=O) groups excluding carboxylic acids is 1. The normalized spacial score (nSPS) is 10.6. The zero-order valence-corrected chi connectivity index (χ0v) is 12.9. The summed E-state index contributed by atoms with van der Waals surface area (Å²) in [5.41, 5.74) is 1.35. The minimum Gasteiger partial charge on any atom is -0.497 e. The first kappa shape index (κ1) is 16.1. The van der Waals surface area contributed by atoms with Crippen LogP contribution in [0, 0.1) is 11.3 Å². The SMILES string of the molecule is COc1ccc(C=C(C#N)C(=O)Nc2ccc(OC)cc2)cc1. The summed E-state index contributed by atoms with van der Waals surface area (Å²) in [4.78, 5) is 12.2. The van der Waals surface area contributed by atoms with Gasteiger partial charge in [-0.25, -0.2) is 0 Å². The zero-order chi connectivity index (χ0) is 16.7. The number of ether oxygens (including phenoxy) is 2. The van der Waals surface area contributed by atoms with Crippen LogP contribution in [0.3, 0.4) is 0 Å². The number of nitrogens with one attached hydrogen (secondary N) is 1. The molecule has 116 valence electrons. The van der Waals surface area contributed by atoms with Crippen molar-refractivity contribution in [3.8, 4) is 17.6 Å². The molecule has 0 fully saturated rings. The van der Waals surface area contributed by atoms with E-state index in [9.17, 15) is 10.1 Å². The third-order valence-electron chi connectivity index (χ3n) is 3.14. The van der Waals surface area contributed by atoms with Crippen molar-refractivity contribution < 1.29 is 14.3 Å². The summed E-state index contributed by atoms with van der Waals surface area (Å²) in [7, 11) is 3.15. The summed E-state index contributed by atoms with van der Waals surface area (Å²) in [5, 5.41) is 11.9. The Morgan fingerprint density at radius 3 is 2.00 bits per heavy atom. The highest BCUT2D eigenvalue weighted by molar-refractivity contribution is 6.09. The van der Waals surface area contributed by atoms with Crippen LogP contribution in [0.15, 0.2) is 54.1 Å². The molecule has 5 nitrogen and oxygen atoms in total. The summed E-state index contributed by atoms with van der Waals surface area (Å²) in [5.74, 6) is 0.939. The molecular formula is C18H16N2O3. The number of rotatable bonds is 5. The smallest absolute Gasteiger partial charge is 0.266 e. The van der Waals surface area contributed by atoms with Crippen molar-refractivity contribution >= 4 is 17.7 Å². The molecule has 0 bridgehead atoms. The molecule has 0 atom stereocenters. The molecular weight excluding hydrogens is 292 g/mol. The van der Waals surface area contributed by atoms with Gasteiger partial charge in [-0.3, -0.25) is 4.79 Å². The number of benzene rings is 2. The van der Waals surface area contributed by atoms with Crippen LogP contribution in [0.25, 0.3) is 6.08 Å². The quantitative estimate of drug-likeness (QED) is 0.680. The van der Waals surface area contributed by atoms with E-state index in [4.69, 9.17) is 9.47 Å². The minimum absolute atomic E-state index is 0.0194. The first-order valence-electron chi connectivity index (χ1n) is 6.87. The van der Waals surface area contributed by atoms with Gasteiger partial charge in [0.25, 0.3) is 5.91 Å². The number of hydrogen-bond acceptors (Lipinski definition) is 4. The van der Waals surface area contributed by atoms with Crippen molar-refractivity contribution in [1.82, 2.24) is 0 Å². The van der Waals surface area contributed by atoms with E-state index in [-0.39, 0.29) is 5.57 Å². The van der Waals surface area contributed by atoms with Crippen LogP contribution >= 0.6 is 0 Å². The van der Waals surface area contributed by atoms with Crippen LogP contribution in [-0.4, -0.2) is 20.1 Å². The number of methoxy groups -OCH3 is 2. The molecule has 0 spiro atoms. The number of hydrogen-bond donors (Lipinski definition) is 1. The zero-order valence-electron chi connectivity index (χ0n) is 12.9. The van der Waals surface area contributed by atoms with E-state index in [0.29, 0.717) is 17.2 Å². The van der Waals surface area contributed by atoms with Crippen molar-refractivity contribution in [2.24, 2.45) is 0 Å². The third kappa shape index (κ3) is 4.35. The monoisotopic (exact) mass is 308 g/mol. The van der Waals surface area contributed by atoms with Gasteiger partial charge < -0.3 is 14.8 Å². The fourth-order valence-corrected chi connectivity index (χ4v) is 1.89. The van der Waals surface area contributed by atoms with Crippen molar-refractivity contribution in [2.75, 3.05) is 19.5 Å². The van der Waals surface area contributed by atoms with Gasteiger partial charge in [0.15, 0.2) is 0 Å². The number of nitriles is 1. The highest BCUT2D eigenvalue weighted by Crippen LogP contribution is 2.17. The Balaban J connectivity index is 2.13. The molecule has 0 aliphatic carbocycles. The highest BCUT2D eigenvalue weighted by Gasteiger charge is 2.09. The molecule has 0 saturated carbocycles. The van der Waals surface area contributed by atoms with E-state index in [1.807, 2.05) is 6.07 Å². The second-order valence-corrected chi connectivity index (χ2v) is 4.63. The maximum absolute atomic E-state index is 12.2. The maximum Gasteiger partial charge on any atom is 0.266 e. The maximum atomic E-state index is 12.2. The Kier molecular flexibility index (Phi) is 5.37. The van der Waals surface area contributed by atoms with E-state index in [1.54, 1.807) is 62.8 Å². The van der Waals surface area contributed by atoms with Crippen LogP contribution in [0.4, 0.5) is 5.69 Å². The second kappa shape index (κ2) is 7.66. The first-order chi connectivity index (χ1) is 11.2. The van der Waals surface area contributed by atoms with Crippen LogP contribution in [0.5, 0.6) is 11.5 Å². The molecule has 2 rings (SSSR count). The predicted molar refractivity (Wildman–Crippen MR) is 88.2 cm³/mol. The number of nitrogens with zero attached hydrogens (tertiary/aromatic N) is 1. The minimum atomic E-state index is -0.464. The van der Waals surface area contributed by atoms with Crippen molar-refractivity contribution in [1.29, 1.82) is 5.26 Å². The van der Waals surface area contributed by atoms with Gasteiger partial charge in [-0.2, -0.15) is 5.26 Å². The molecule has 0 saturated heterocycles. The molecule has 1 amide bonds. The van der Waals surface area contributed by atoms with Gasteiger partial charge in [0.05, 0.1) is 14.2 Å². The van der Waals surface area contributed by atoms with Crippen molar-refractivity contribution in [3.63, 3.8) is 0 Å². The lowest BCUT2D eigenvalue weighted by molar-refractivity contribution is -0.112. The topological polar surface area (TPSA) is 71.3 Å². The van der Waals surface area contributed by atoms with Gasteiger partial charge in [-0.05, 0) is 48.0 Å². The van der Waals surface area contributed by atoms with Gasteiger partial charge in [0.1, 0.15) is 23.1 Å². The summed E-state index contributed by atoms with van der Waals surface area (Å²) >= 11 is 0. The lowest BCUT2D eigenvalue weighted by Gasteiger charge is -2.06. The standard InChI is InChI=1S/C18H16N2O3/c1-22-16-7-3-13(4-8-16)11-14(12-19)18(21)20-15-5-9-17(23-2)10-6-15/h3-11H,1-2H3,(H,20,21). The van der Waals surface area contributed by atoms with Gasteiger partial charge in [0, 0.05) is 5.69 Å². The molecule has 1 N–H and O–H groups in total. The average Bonchev–Trinajstić information content (AvgIpc) is 2.60. The summed E-state index contributed by atoms with van der Waals surface area (Å²) in [6, 6.07) is 15.9. The first-order valence-corrected chi connectivity index (χ1v) is 6.87. The second-order valence-electron chi connectivity index (χ2n) is 4.63. The Labute approximate surface area is 134 Å². The Morgan fingerprint density at radius 2 is 1.52 bits per heavy atom. The highest BCUT2D eigenvalue weighted by atomic mass is 16.5. The number of amides is 1. The molecule has 5 heteroatoms. The van der Waals surface area contributed by atoms with Gasteiger partial charge in [-0.15, -0.1) is 0 Å². The molecule has 2 aromatic carbocycles. The molecule has 0 aromatic heterocycles. The summed E-state index contributed by atoms with van der Waals surface area (Å²) in [6.45, 7) is 0. The Morgan fingerprint density at radius 1 is 1.00 bits per heavy atom. The molecule has 0 radical (unpaired) electrons. The Hall–Kier alpha value is -3.26. The molecule has 23 heavy (non-hydrogen) atoms.